The van der Waals surface area contributed by atoms with Crippen molar-refractivity contribution in [3.8, 4) is 0 Å². The highest BCUT2D eigenvalue weighted by atomic mass is 16.5. The Labute approximate surface area is 177 Å². The quantitative estimate of drug-likeness (QED) is 0.443. The third kappa shape index (κ3) is 4.84. The van der Waals surface area contributed by atoms with Gasteiger partial charge in [-0.3, -0.25) is 9.78 Å². The Morgan fingerprint density at radius 3 is 3.03 bits per heavy atom. The predicted molar refractivity (Wildman–Crippen MR) is 117 cm³/mol. The van der Waals surface area contributed by atoms with E-state index in [4.69, 9.17) is 10.5 Å². The van der Waals surface area contributed by atoms with Crippen molar-refractivity contribution in [1.29, 1.82) is 0 Å². The lowest BCUT2D eigenvalue weighted by Crippen LogP contribution is -2.48. The minimum absolute atomic E-state index is 0.0163. The molecule has 0 amide bonds. The van der Waals surface area contributed by atoms with Crippen LogP contribution in [0.15, 0.2) is 36.5 Å². The highest BCUT2D eigenvalue weighted by molar-refractivity contribution is 5.83. The number of ketones is 1. The number of Topliss-reactive ketones (excluding diaryl/α,β-unsaturated/α-hetero) is 1. The molecule has 1 aliphatic carbocycles. The zero-order valence-corrected chi connectivity index (χ0v) is 17.4. The van der Waals surface area contributed by atoms with Crippen LogP contribution in [0.3, 0.4) is 0 Å². The summed E-state index contributed by atoms with van der Waals surface area (Å²) >= 11 is 0. The van der Waals surface area contributed by atoms with Gasteiger partial charge in [-0.05, 0) is 37.5 Å². The van der Waals surface area contributed by atoms with E-state index in [1.54, 1.807) is 6.20 Å². The first-order valence-corrected chi connectivity index (χ1v) is 10.8. The number of allylic oxidation sites excluding steroid dienone is 1. The molecule has 4 rings (SSSR count). The lowest BCUT2D eigenvalue weighted by atomic mass is 9.96. The van der Waals surface area contributed by atoms with E-state index >= 15 is 0 Å². The van der Waals surface area contributed by atoms with Crippen molar-refractivity contribution in [2.75, 3.05) is 0 Å². The van der Waals surface area contributed by atoms with Crippen molar-refractivity contribution in [2.24, 2.45) is 11.7 Å². The second-order valence-electron chi connectivity index (χ2n) is 8.24. The molecule has 0 radical (unpaired) electrons. The van der Waals surface area contributed by atoms with Crippen LogP contribution in [0, 0.1) is 12.8 Å². The predicted octanol–water partition coefficient (Wildman–Crippen LogP) is 0.595. The van der Waals surface area contributed by atoms with E-state index in [0.29, 0.717) is 12.3 Å². The standard InChI is InChI=1S/C23H31N5O2/c1-15-7-8-16-13-17(9-10-19(16)27-15)20-14-26-22(28-20)18(24)5-3-2-4-6-21(29)23-25-11-12-30-23/h7-8,10-14,17-18,22-23,25-26,28H,2-6,9,24H2,1H3/t17?,18-,22?,23?/m0/s1. The van der Waals surface area contributed by atoms with E-state index < -0.39 is 6.23 Å². The van der Waals surface area contributed by atoms with Crippen LogP contribution in [0.4, 0.5) is 0 Å². The number of nitrogens with one attached hydrogen (secondary N) is 3. The number of hydrogen-bond acceptors (Lipinski definition) is 7. The number of carbonyl (C=O) groups is 1. The lowest BCUT2D eigenvalue weighted by molar-refractivity contribution is -0.127. The van der Waals surface area contributed by atoms with Crippen LogP contribution >= 0.6 is 0 Å². The van der Waals surface area contributed by atoms with E-state index in [0.717, 1.165) is 43.1 Å². The Kier molecular flexibility index (Phi) is 6.38. The summed E-state index contributed by atoms with van der Waals surface area (Å²) in [5, 5.41) is 12.1. The minimum atomic E-state index is -0.496. The maximum atomic E-state index is 11.9. The molecule has 4 atom stereocenters. The SMILES string of the molecule is Cc1ccc2c(n1)=CCC(C1=CNC([C@@H](N)CCCCCC(=O)C3NC=CO3)N1)C=2. The highest BCUT2D eigenvalue weighted by Crippen LogP contribution is 2.21. The van der Waals surface area contributed by atoms with Crippen LogP contribution in [0.2, 0.25) is 0 Å². The Morgan fingerprint density at radius 2 is 2.20 bits per heavy atom. The van der Waals surface area contributed by atoms with Crippen molar-refractivity contribution in [1.82, 2.24) is 20.9 Å². The number of unbranched alkanes of at least 4 members (excludes halogenated alkanes) is 2. The van der Waals surface area contributed by atoms with E-state index in [1.165, 1.54) is 17.2 Å². The van der Waals surface area contributed by atoms with E-state index in [-0.39, 0.29) is 18.0 Å². The van der Waals surface area contributed by atoms with Crippen LogP contribution in [0.25, 0.3) is 12.2 Å². The van der Waals surface area contributed by atoms with Gasteiger partial charge in [-0.15, -0.1) is 0 Å². The first kappa shape index (κ1) is 20.5. The van der Waals surface area contributed by atoms with Crippen molar-refractivity contribution >= 4 is 17.9 Å². The summed E-state index contributed by atoms with van der Waals surface area (Å²) < 4.78 is 5.17. The number of fused-ring (bicyclic) bond motifs is 1. The number of aromatic nitrogens is 1. The van der Waals surface area contributed by atoms with Gasteiger partial charge in [0.15, 0.2) is 5.78 Å². The molecule has 0 fully saturated rings. The third-order valence-corrected chi connectivity index (χ3v) is 5.89. The molecule has 0 aromatic carbocycles. The van der Waals surface area contributed by atoms with Gasteiger partial charge in [-0.25, -0.2) is 0 Å². The fraction of sp³-hybridized carbons (Fsp3) is 0.478. The molecule has 5 N–H and O–H groups in total. The highest BCUT2D eigenvalue weighted by Gasteiger charge is 2.25. The molecule has 1 aromatic rings. The Balaban J connectivity index is 1.18. The average Bonchev–Trinajstić information content (AvgIpc) is 3.45. The first-order chi connectivity index (χ1) is 14.6. The van der Waals surface area contributed by atoms with Crippen LogP contribution in [-0.4, -0.2) is 29.2 Å². The summed E-state index contributed by atoms with van der Waals surface area (Å²) in [5.74, 6) is 0.420. The second kappa shape index (κ2) is 9.34. The fourth-order valence-corrected chi connectivity index (χ4v) is 4.13. The van der Waals surface area contributed by atoms with Gasteiger partial charge >= 0.3 is 0 Å². The third-order valence-electron chi connectivity index (χ3n) is 5.89. The molecular formula is C23H31N5O2. The van der Waals surface area contributed by atoms with E-state index in [9.17, 15) is 4.79 Å². The second-order valence-corrected chi connectivity index (χ2v) is 8.24. The number of pyridine rings is 1. The molecule has 3 aliphatic rings. The molecule has 0 saturated carbocycles. The van der Waals surface area contributed by atoms with Crippen LogP contribution in [0.5, 0.6) is 0 Å². The van der Waals surface area contributed by atoms with Gasteiger partial charge in [0.25, 0.3) is 0 Å². The van der Waals surface area contributed by atoms with Gasteiger partial charge in [0, 0.05) is 42.2 Å². The normalized spacial score (nSPS) is 24.9. The smallest absolute Gasteiger partial charge is 0.228 e. The lowest BCUT2D eigenvalue weighted by Gasteiger charge is -2.23. The number of aryl methyl sites for hydroxylation is 1. The number of nitrogens with two attached hydrogens (primary N) is 1. The number of hydrogen-bond donors (Lipinski definition) is 4. The van der Waals surface area contributed by atoms with Gasteiger partial charge in [0.05, 0.1) is 5.35 Å². The molecule has 0 saturated heterocycles. The van der Waals surface area contributed by atoms with Gasteiger partial charge in [-0.2, -0.15) is 0 Å². The molecule has 7 nitrogen and oxygen atoms in total. The van der Waals surface area contributed by atoms with E-state index in [1.807, 2.05) is 6.92 Å². The van der Waals surface area contributed by atoms with Gasteiger partial charge in [0.1, 0.15) is 12.4 Å². The summed E-state index contributed by atoms with van der Waals surface area (Å²) in [6.45, 7) is 2.02. The van der Waals surface area contributed by atoms with Crippen molar-refractivity contribution in [3.05, 3.63) is 52.8 Å². The van der Waals surface area contributed by atoms with Crippen molar-refractivity contribution < 1.29 is 9.53 Å². The molecule has 30 heavy (non-hydrogen) atoms. The van der Waals surface area contributed by atoms with Crippen LogP contribution < -0.4 is 32.3 Å². The molecule has 160 valence electrons. The molecule has 0 bridgehead atoms. The first-order valence-electron chi connectivity index (χ1n) is 10.8. The number of carbonyl (C=O) groups excluding carboxylic acids is 1. The molecule has 3 unspecified atom stereocenters. The number of ether oxygens (including phenoxy) is 1. The summed E-state index contributed by atoms with van der Waals surface area (Å²) in [6, 6.07) is 4.21. The Bertz CT molecular complexity index is 947. The molecule has 1 aromatic heterocycles. The zero-order valence-electron chi connectivity index (χ0n) is 17.4. The summed E-state index contributed by atoms with van der Waals surface area (Å²) in [7, 11) is 0. The molecule has 7 heteroatoms. The minimum Gasteiger partial charge on any atom is -0.469 e. The Hall–Kier alpha value is -2.80. The van der Waals surface area contributed by atoms with Crippen molar-refractivity contribution in [3.63, 3.8) is 0 Å². The number of nitrogens with zero attached hydrogens (tertiary/aromatic N) is 1. The summed E-state index contributed by atoms with van der Waals surface area (Å²) in [6.07, 6.45) is 14.5. The maximum Gasteiger partial charge on any atom is 0.228 e. The van der Waals surface area contributed by atoms with Gasteiger partial charge < -0.3 is 26.4 Å². The largest absolute Gasteiger partial charge is 0.469 e. The average molecular weight is 410 g/mol. The zero-order chi connectivity index (χ0) is 20.9. The molecular weight excluding hydrogens is 378 g/mol. The molecule has 0 spiro atoms. The summed E-state index contributed by atoms with van der Waals surface area (Å²) in [5.41, 5.74) is 8.64. The van der Waals surface area contributed by atoms with Gasteiger partial charge in [-0.1, -0.05) is 31.1 Å². The maximum absolute atomic E-state index is 11.9. The summed E-state index contributed by atoms with van der Waals surface area (Å²) in [4.78, 5) is 16.5. The number of rotatable bonds is 9. The van der Waals surface area contributed by atoms with E-state index in [2.05, 4.69) is 51.4 Å². The van der Waals surface area contributed by atoms with Crippen LogP contribution in [-0.2, 0) is 9.53 Å². The monoisotopic (exact) mass is 409 g/mol. The molecule has 2 aliphatic heterocycles. The topological polar surface area (TPSA) is 101 Å². The van der Waals surface area contributed by atoms with Gasteiger partial charge in [0.2, 0.25) is 6.23 Å². The van der Waals surface area contributed by atoms with Crippen molar-refractivity contribution in [2.45, 2.75) is 63.9 Å². The molecule has 3 heterocycles. The fourth-order valence-electron chi connectivity index (χ4n) is 4.13. The van der Waals surface area contributed by atoms with Crippen LogP contribution in [0.1, 0.15) is 44.2 Å². The Morgan fingerprint density at radius 1 is 1.30 bits per heavy atom.